The molecule has 3 nitrogen and oxygen atoms in total. The van der Waals surface area contributed by atoms with E-state index in [2.05, 4.69) is 28.1 Å². The lowest BCUT2D eigenvalue weighted by atomic mass is 9.99. The van der Waals surface area contributed by atoms with Crippen molar-refractivity contribution >= 4 is 0 Å². The molecule has 98 valence electrons. The standard InChI is InChI=1S/C13H30NO2/c1-6-7-9-12(14(3,4)5)10-8-11-13(2,15)16/h12,15-16H,6-11H2,1-5H3/q+1. The van der Waals surface area contributed by atoms with E-state index in [4.69, 9.17) is 0 Å². The Hall–Kier alpha value is -0.120. The minimum absolute atomic E-state index is 0.468. The van der Waals surface area contributed by atoms with E-state index in [9.17, 15) is 10.2 Å². The summed E-state index contributed by atoms with van der Waals surface area (Å²) in [5, 5.41) is 18.5. The molecule has 0 aromatic heterocycles. The van der Waals surface area contributed by atoms with Crippen LogP contribution in [0, 0.1) is 0 Å². The third-order valence-corrected chi connectivity index (χ3v) is 3.17. The van der Waals surface area contributed by atoms with Crippen molar-refractivity contribution in [1.82, 2.24) is 0 Å². The van der Waals surface area contributed by atoms with Crippen molar-refractivity contribution in [3.8, 4) is 0 Å². The molecule has 2 N–H and O–H groups in total. The van der Waals surface area contributed by atoms with Gasteiger partial charge in [-0.2, -0.15) is 0 Å². The number of hydrogen-bond donors (Lipinski definition) is 2. The molecule has 1 unspecified atom stereocenters. The molecule has 0 spiro atoms. The quantitative estimate of drug-likeness (QED) is 0.497. The molecule has 0 aromatic rings. The summed E-state index contributed by atoms with van der Waals surface area (Å²) in [6.07, 6.45) is 6.14. The summed E-state index contributed by atoms with van der Waals surface area (Å²) < 4.78 is 0.966. The van der Waals surface area contributed by atoms with Gasteiger partial charge in [0, 0.05) is 6.42 Å². The molecule has 0 radical (unpaired) electrons. The maximum atomic E-state index is 9.26. The van der Waals surface area contributed by atoms with Crippen LogP contribution in [0.25, 0.3) is 0 Å². The van der Waals surface area contributed by atoms with E-state index in [1.807, 2.05) is 0 Å². The highest BCUT2D eigenvalue weighted by Crippen LogP contribution is 2.20. The number of aliphatic hydroxyl groups is 2. The first-order valence-corrected chi connectivity index (χ1v) is 6.42. The van der Waals surface area contributed by atoms with Crippen molar-refractivity contribution < 1.29 is 14.7 Å². The zero-order valence-corrected chi connectivity index (χ0v) is 11.7. The maximum Gasteiger partial charge on any atom is 0.159 e. The van der Waals surface area contributed by atoms with E-state index >= 15 is 0 Å². The Bertz CT molecular complexity index is 179. The highest BCUT2D eigenvalue weighted by atomic mass is 16.5. The highest BCUT2D eigenvalue weighted by molar-refractivity contribution is 4.63. The highest BCUT2D eigenvalue weighted by Gasteiger charge is 2.24. The van der Waals surface area contributed by atoms with Gasteiger partial charge >= 0.3 is 0 Å². The Kier molecular flexibility index (Phi) is 6.53. The fourth-order valence-corrected chi connectivity index (χ4v) is 2.03. The van der Waals surface area contributed by atoms with Gasteiger partial charge in [-0.1, -0.05) is 13.3 Å². The summed E-state index contributed by atoms with van der Waals surface area (Å²) in [6.45, 7) is 3.67. The summed E-state index contributed by atoms with van der Waals surface area (Å²) in [7, 11) is 6.66. The van der Waals surface area contributed by atoms with E-state index in [-0.39, 0.29) is 0 Å². The molecule has 3 heteroatoms. The van der Waals surface area contributed by atoms with Crippen molar-refractivity contribution in [2.75, 3.05) is 21.1 Å². The number of nitrogens with zero attached hydrogens (tertiary/aromatic N) is 1. The van der Waals surface area contributed by atoms with Crippen molar-refractivity contribution in [2.24, 2.45) is 0 Å². The Labute approximate surface area is 101 Å². The molecule has 0 amide bonds. The van der Waals surface area contributed by atoms with Crippen molar-refractivity contribution in [1.29, 1.82) is 0 Å². The molecule has 0 aliphatic heterocycles. The smallest absolute Gasteiger partial charge is 0.159 e. The van der Waals surface area contributed by atoms with Gasteiger partial charge in [-0.3, -0.25) is 0 Å². The molecule has 1 atom stereocenters. The van der Waals surface area contributed by atoms with Crippen LogP contribution >= 0.6 is 0 Å². The number of hydrogen-bond acceptors (Lipinski definition) is 2. The summed E-state index contributed by atoms with van der Waals surface area (Å²) >= 11 is 0. The Balaban J connectivity index is 4.03. The molecule has 0 saturated carbocycles. The van der Waals surface area contributed by atoms with E-state index in [0.29, 0.717) is 12.5 Å². The second kappa shape index (κ2) is 6.58. The molecule has 0 bridgehead atoms. The number of unbranched alkanes of at least 4 members (excludes halogenated alkanes) is 1. The Morgan fingerprint density at radius 3 is 1.94 bits per heavy atom. The van der Waals surface area contributed by atoms with Crippen LogP contribution in [-0.2, 0) is 0 Å². The molecule has 0 aliphatic carbocycles. The van der Waals surface area contributed by atoms with Gasteiger partial charge in [0.15, 0.2) is 5.79 Å². The minimum atomic E-state index is -1.50. The largest absolute Gasteiger partial charge is 0.366 e. The fraction of sp³-hybridized carbons (Fsp3) is 1.00. The van der Waals surface area contributed by atoms with Gasteiger partial charge in [0.2, 0.25) is 0 Å². The average Bonchev–Trinajstić information content (AvgIpc) is 2.06. The van der Waals surface area contributed by atoms with Gasteiger partial charge in [-0.15, -0.1) is 0 Å². The SMILES string of the molecule is CCCCC(CCCC(C)(O)O)[N+](C)(C)C. The fourth-order valence-electron chi connectivity index (χ4n) is 2.03. The molecule has 0 aromatic carbocycles. The second-order valence-corrected chi connectivity index (χ2v) is 6.02. The maximum absolute atomic E-state index is 9.26. The van der Waals surface area contributed by atoms with Crippen LogP contribution in [-0.4, -0.2) is 47.7 Å². The van der Waals surface area contributed by atoms with Gasteiger partial charge in [0.25, 0.3) is 0 Å². The van der Waals surface area contributed by atoms with Gasteiger partial charge < -0.3 is 14.7 Å². The molecule has 0 fully saturated rings. The van der Waals surface area contributed by atoms with E-state index < -0.39 is 5.79 Å². The summed E-state index contributed by atoms with van der Waals surface area (Å²) in [5.74, 6) is -1.50. The monoisotopic (exact) mass is 232 g/mol. The first-order valence-electron chi connectivity index (χ1n) is 6.42. The molecule has 0 aliphatic rings. The summed E-state index contributed by atoms with van der Waals surface area (Å²) in [5.41, 5.74) is 0. The lowest BCUT2D eigenvalue weighted by molar-refractivity contribution is -0.896. The predicted molar refractivity (Wildman–Crippen MR) is 68.0 cm³/mol. The third kappa shape index (κ3) is 8.08. The van der Waals surface area contributed by atoms with E-state index in [0.717, 1.165) is 17.3 Å². The Morgan fingerprint density at radius 1 is 1.06 bits per heavy atom. The van der Waals surface area contributed by atoms with Crippen molar-refractivity contribution in [3.05, 3.63) is 0 Å². The molecule has 16 heavy (non-hydrogen) atoms. The molecule has 0 saturated heterocycles. The van der Waals surface area contributed by atoms with Gasteiger partial charge in [-0.05, 0) is 32.6 Å². The zero-order valence-electron chi connectivity index (χ0n) is 11.7. The van der Waals surface area contributed by atoms with Crippen LogP contribution in [0.5, 0.6) is 0 Å². The molecular formula is C13H30NO2+. The van der Waals surface area contributed by atoms with Gasteiger partial charge in [0.1, 0.15) is 0 Å². The topological polar surface area (TPSA) is 40.5 Å². The van der Waals surface area contributed by atoms with E-state index in [1.54, 1.807) is 0 Å². The number of quaternary nitrogens is 1. The molecule has 0 heterocycles. The first-order chi connectivity index (χ1) is 7.17. The minimum Gasteiger partial charge on any atom is -0.366 e. The van der Waals surface area contributed by atoms with Crippen LogP contribution in [0.2, 0.25) is 0 Å². The van der Waals surface area contributed by atoms with Gasteiger partial charge in [-0.25, -0.2) is 0 Å². The molecular weight excluding hydrogens is 202 g/mol. The summed E-state index contributed by atoms with van der Waals surface area (Å²) in [4.78, 5) is 0. The zero-order chi connectivity index (χ0) is 12.8. The van der Waals surface area contributed by atoms with Crippen molar-refractivity contribution in [3.63, 3.8) is 0 Å². The molecule has 0 rings (SSSR count). The Morgan fingerprint density at radius 2 is 1.56 bits per heavy atom. The normalized spacial score (nSPS) is 15.2. The average molecular weight is 232 g/mol. The second-order valence-electron chi connectivity index (χ2n) is 6.02. The van der Waals surface area contributed by atoms with E-state index in [1.165, 1.54) is 26.2 Å². The van der Waals surface area contributed by atoms with Crippen LogP contribution in [0.15, 0.2) is 0 Å². The van der Waals surface area contributed by atoms with Crippen LogP contribution < -0.4 is 0 Å². The summed E-state index contributed by atoms with van der Waals surface area (Å²) in [6, 6.07) is 0.627. The first kappa shape index (κ1) is 15.9. The van der Waals surface area contributed by atoms with Crippen LogP contribution in [0.4, 0.5) is 0 Å². The predicted octanol–water partition coefficient (Wildman–Crippen LogP) is 2.12. The number of rotatable bonds is 8. The lowest BCUT2D eigenvalue weighted by Crippen LogP contribution is -2.45. The third-order valence-electron chi connectivity index (χ3n) is 3.17. The lowest BCUT2D eigenvalue weighted by Gasteiger charge is -2.34. The van der Waals surface area contributed by atoms with Gasteiger partial charge in [0.05, 0.1) is 27.2 Å². The van der Waals surface area contributed by atoms with Crippen LogP contribution in [0.1, 0.15) is 52.4 Å². The van der Waals surface area contributed by atoms with Crippen LogP contribution in [0.3, 0.4) is 0 Å². The van der Waals surface area contributed by atoms with Crippen molar-refractivity contribution in [2.45, 2.75) is 64.2 Å².